The van der Waals surface area contributed by atoms with Crippen LogP contribution in [0.4, 0.5) is 4.39 Å². The Balaban J connectivity index is 1.42. The summed E-state index contributed by atoms with van der Waals surface area (Å²) < 4.78 is 19.4. The van der Waals surface area contributed by atoms with E-state index in [1.54, 1.807) is 41.0 Å². The molecule has 0 unspecified atom stereocenters. The molecule has 1 aliphatic heterocycles. The summed E-state index contributed by atoms with van der Waals surface area (Å²) in [5.74, 6) is 0.252. The number of halogens is 1. The van der Waals surface area contributed by atoms with Crippen LogP contribution in [0.3, 0.4) is 0 Å². The highest BCUT2D eigenvalue weighted by atomic mass is 19.1. The number of aryl methyl sites for hydroxylation is 1. The SMILES string of the molecule is Cc1ccc(C(=O)N2CCN(C(=O)c3cc(-c4ccccc4)nc4cc(F)ccc34)CC2)o1. The summed E-state index contributed by atoms with van der Waals surface area (Å²) in [6.07, 6.45) is 0. The first-order chi connectivity index (χ1) is 16.0. The summed E-state index contributed by atoms with van der Waals surface area (Å²) in [7, 11) is 0. The van der Waals surface area contributed by atoms with Crippen molar-refractivity contribution in [2.45, 2.75) is 6.92 Å². The van der Waals surface area contributed by atoms with Gasteiger partial charge in [-0.05, 0) is 37.3 Å². The van der Waals surface area contributed by atoms with Gasteiger partial charge < -0.3 is 14.2 Å². The molecular formula is C26H22FN3O3. The first-order valence-corrected chi connectivity index (χ1v) is 10.8. The number of carbonyl (C=O) groups is 2. The van der Waals surface area contributed by atoms with Crippen molar-refractivity contribution in [3.05, 3.63) is 89.6 Å². The Morgan fingerprint density at radius 3 is 2.24 bits per heavy atom. The van der Waals surface area contributed by atoms with Crippen molar-refractivity contribution in [3.8, 4) is 11.3 Å². The summed E-state index contributed by atoms with van der Waals surface area (Å²) in [5.41, 5.74) is 2.36. The maximum Gasteiger partial charge on any atom is 0.289 e. The van der Waals surface area contributed by atoms with Gasteiger partial charge in [0.15, 0.2) is 5.76 Å². The monoisotopic (exact) mass is 443 g/mol. The first kappa shape index (κ1) is 20.9. The van der Waals surface area contributed by atoms with E-state index in [1.165, 1.54) is 12.1 Å². The van der Waals surface area contributed by atoms with E-state index in [4.69, 9.17) is 4.42 Å². The molecule has 0 spiro atoms. The minimum atomic E-state index is -0.404. The number of carbonyl (C=O) groups excluding carboxylic acids is 2. The topological polar surface area (TPSA) is 66.7 Å². The van der Waals surface area contributed by atoms with Crippen LogP contribution in [-0.4, -0.2) is 52.8 Å². The van der Waals surface area contributed by atoms with Gasteiger partial charge in [0.2, 0.25) is 0 Å². The number of amides is 2. The Morgan fingerprint density at radius 1 is 0.879 bits per heavy atom. The Kier molecular flexibility index (Phi) is 5.38. The quantitative estimate of drug-likeness (QED) is 0.466. The fraction of sp³-hybridized carbons (Fsp3) is 0.192. The summed E-state index contributed by atoms with van der Waals surface area (Å²) in [6.45, 7) is 3.41. The van der Waals surface area contributed by atoms with Gasteiger partial charge in [0.05, 0.1) is 16.8 Å². The average molecular weight is 443 g/mol. The molecule has 0 N–H and O–H groups in total. The number of pyridine rings is 1. The molecule has 33 heavy (non-hydrogen) atoms. The van der Waals surface area contributed by atoms with E-state index in [-0.39, 0.29) is 11.8 Å². The summed E-state index contributed by atoms with van der Waals surface area (Å²) >= 11 is 0. The Labute approximate surface area is 190 Å². The second-order valence-electron chi connectivity index (χ2n) is 8.08. The molecule has 166 valence electrons. The maximum atomic E-state index is 13.9. The minimum Gasteiger partial charge on any atom is -0.456 e. The molecule has 4 aromatic rings. The molecule has 6 nitrogen and oxygen atoms in total. The molecule has 1 fully saturated rings. The van der Waals surface area contributed by atoms with Gasteiger partial charge in [-0.2, -0.15) is 0 Å². The maximum absolute atomic E-state index is 13.9. The number of nitrogens with zero attached hydrogens (tertiary/aromatic N) is 3. The summed E-state index contributed by atoms with van der Waals surface area (Å²) in [5, 5.41) is 0.602. The van der Waals surface area contributed by atoms with Crippen LogP contribution < -0.4 is 0 Å². The average Bonchev–Trinajstić information content (AvgIpc) is 3.29. The van der Waals surface area contributed by atoms with Crippen LogP contribution in [0.1, 0.15) is 26.7 Å². The van der Waals surface area contributed by atoms with Crippen LogP contribution in [0.2, 0.25) is 0 Å². The van der Waals surface area contributed by atoms with Crippen LogP contribution in [0.5, 0.6) is 0 Å². The number of aromatic nitrogens is 1. The number of hydrogen-bond donors (Lipinski definition) is 0. The number of furan rings is 1. The lowest BCUT2D eigenvalue weighted by Crippen LogP contribution is -2.50. The highest BCUT2D eigenvalue weighted by Gasteiger charge is 2.28. The van der Waals surface area contributed by atoms with Crippen molar-refractivity contribution in [1.82, 2.24) is 14.8 Å². The molecule has 2 aromatic carbocycles. The van der Waals surface area contributed by atoms with E-state index in [0.29, 0.717) is 59.9 Å². The number of hydrogen-bond acceptors (Lipinski definition) is 4. The third-order valence-corrected chi connectivity index (χ3v) is 5.88. The Hall–Kier alpha value is -4.00. The van der Waals surface area contributed by atoms with Crippen LogP contribution in [0.25, 0.3) is 22.2 Å². The largest absolute Gasteiger partial charge is 0.456 e. The zero-order valence-corrected chi connectivity index (χ0v) is 18.1. The van der Waals surface area contributed by atoms with Crippen molar-refractivity contribution in [2.24, 2.45) is 0 Å². The number of rotatable bonds is 3. The number of fused-ring (bicyclic) bond motifs is 1. The highest BCUT2D eigenvalue weighted by Crippen LogP contribution is 2.27. The van der Waals surface area contributed by atoms with E-state index in [1.807, 2.05) is 30.3 Å². The van der Waals surface area contributed by atoms with Crippen molar-refractivity contribution in [1.29, 1.82) is 0 Å². The fourth-order valence-corrected chi connectivity index (χ4v) is 4.12. The second kappa shape index (κ2) is 8.50. The molecule has 5 rings (SSSR count). The predicted octanol–water partition coefficient (Wildman–Crippen LogP) is 4.54. The molecular weight excluding hydrogens is 421 g/mol. The molecule has 0 aliphatic carbocycles. The molecule has 0 radical (unpaired) electrons. The Morgan fingerprint density at radius 2 is 1.58 bits per heavy atom. The second-order valence-corrected chi connectivity index (χ2v) is 8.08. The van der Waals surface area contributed by atoms with E-state index < -0.39 is 5.82 Å². The zero-order chi connectivity index (χ0) is 22.9. The van der Waals surface area contributed by atoms with Gasteiger partial charge >= 0.3 is 0 Å². The molecule has 2 aromatic heterocycles. The summed E-state index contributed by atoms with van der Waals surface area (Å²) in [4.78, 5) is 34.2. The highest BCUT2D eigenvalue weighted by molar-refractivity contribution is 6.07. The zero-order valence-electron chi connectivity index (χ0n) is 18.1. The van der Waals surface area contributed by atoms with Crippen LogP contribution in [-0.2, 0) is 0 Å². The smallest absolute Gasteiger partial charge is 0.289 e. The van der Waals surface area contributed by atoms with Crippen molar-refractivity contribution < 1.29 is 18.4 Å². The molecule has 0 saturated carbocycles. The van der Waals surface area contributed by atoms with Crippen LogP contribution >= 0.6 is 0 Å². The van der Waals surface area contributed by atoms with E-state index in [2.05, 4.69) is 4.98 Å². The normalized spacial score (nSPS) is 14.0. The lowest BCUT2D eigenvalue weighted by molar-refractivity contribution is 0.0518. The van der Waals surface area contributed by atoms with Gasteiger partial charge in [-0.25, -0.2) is 9.37 Å². The van der Waals surface area contributed by atoms with Gasteiger partial charge in [-0.1, -0.05) is 30.3 Å². The van der Waals surface area contributed by atoms with Gasteiger partial charge in [-0.15, -0.1) is 0 Å². The van der Waals surface area contributed by atoms with Gasteiger partial charge in [0.25, 0.3) is 11.8 Å². The van der Waals surface area contributed by atoms with Crippen molar-refractivity contribution in [3.63, 3.8) is 0 Å². The lowest BCUT2D eigenvalue weighted by Gasteiger charge is -2.34. The van der Waals surface area contributed by atoms with Gasteiger partial charge in [-0.3, -0.25) is 9.59 Å². The number of benzene rings is 2. The molecule has 0 atom stereocenters. The minimum absolute atomic E-state index is 0.160. The van der Waals surface area contributed by atoms with E-state index in [9.17, 15) is 14.0 Å². The molecule has 3 heterocycles. The number of piperazine rings is 1. The van der Waals surface area contributed by atoms with Crippen LogP contribution in [0, 0.1) is 12.7 Å². The fourth-order valence-electron chi connectivity index (χ4n) is 4.12. The van der Waals surface area contributed by atoms with Crippen molar-refractivity contribution >= 4 is 22.7 Å². The first-order valence-electron chi connectivity index (χ1n) is 10.8. The third kappa shape index (κ3) is 4.09. The predicted molar refractivity (Wildman–Crippen MR) is 122 cm³/mol. The molecule has 0 bridgehead atoms. The van der Waals surface area contributed by atoms with Crippen molar-refractivity contribution in [2.75, 3.05) is 26.2 Å². The third-order valence-electron chi connectivity index (χ3n) is 5.88. The lowest BCUT2D eigenvalue weighted by atomic mass is 10.0. The van der Waals surface area contributed by atoms with E-state index in [0.717, 1.165) is 5.56 Å². The molecule has 1 aliphatic rings. The Bertz CT molecular complexity index is 1340. The standard InChI is InChI=1S/C26H22FN3O3/c1-17-7-10-24(33-17)26(32)30-13-11-29(12-14-30)25(31)21-16-22(18-5-3-2-4-6-18)28-23-15-19(27)8-9-20(21)23/h2-10,15-16H,11-14H2,1H3. The van der Waals surface area contributed by atoms with Gasteiger partial charge in [0.1, 0.15) is 11.6 Å². The molecule has 2 amide bonds. The van der Waals surface area contributed by atoms with E-state index >= 15 is 0 Å². The molecule has 1 saturated heterocycles. The van der Waals surface area contributed by atoms with Crippen LogP contribution in [0.15, 0.2) is 71.1 Å². The molecule has 7 heteroatoms. The van der Waals surface area contributed by atoms with Gasteiger partial charge in [0, 0.05) is 43.2 Å². The summed E-state index contributed by atoms with van der Waals surface area (Å²) in [6, 6.07) is 19.0.